The molecule has 0 aromatic heterocycles. The van der Waals surface area contributed by atoms with Gasteiger partial charge in [-0.15, -0.1) is 0 Å². The summed E-state index contributed by atoms with van der Waals surface area (Å²) in [5, 5.41) is 0. The van der Waals surface area contributed by atoms with Crippen molar-refractivity contribution >= 4 is 17.3 Å². The standard InChI is InChI=1S/C24H24N3O.3C7H7.Hf/c1-17-15-18(2)23(19(3)16-17)27-14-13-26(24(27)25)21-11-7-8-12-22(21)28-20-9-5-4-6-10-20;3*1-7-5-3-2-4-6-7;/h4-12,15-16H,13-14H2,1-3H3;3*2-6H,1H2;/q-1;;;;+1. The summed E-state index contributed by atoms with van der Waals surface area (Å²) in [6, 6.07) is 56.4. The van der Waals surface area contributed by atoms with Crippen LogP contribution in [-0.4, -0.2) is 19.0 Å². The predicted octanol–water partition coefficient (Wildman–Crippen LogP) is 10.8. The Kier molecular flexibility index (Phi) is 10.4. The van der Waals surface area contributed by atoms with Crippen LogP contribution in [0, 0.1) is 20.8 Å². The van der Waals surface area contributed by atoms with Gasteiger partial charge in [-0.1, -0.05) is 0 Å². The van der Waals surface area contributed by atoms with Crippen molar-refractivity contribution < 1.29 is 25.0 Å². The van der Waals surface area contributed by atoms with Crippen molar-refractivity contribution in [2.75, 3.05) is 22.9 Å². The molecule has 4 nitrogen and oxygen atoms in total. The molecular formula is C45H45HfN3O. The van der Waals surface area contributed by atoms with Gasteiger partial charge in [-0.2, -0.15) is 0 Å². The quantitative estimate of drug-likeness (QED) is 0.122. The van der Waals surface area contributed by atoms with E-state index < -0.39 is 20.3 Å². The molecule has 0 unspecified atom stereocenters. The fourth-order valence-electron chi connectivity index (χ4n) is 7.53. The Labute approximate surface area is 302 Å². The van der Waals surface area contributed by atoms with E-state index in [-0.39, 0.29) is 0 Å². The minimum atomic E-state index is -3.87. The van der Waals surface area contributed by atoms with E-state index >= 15 is 0 Å². The first-order valence-electron chi connectivity index (χ1n) is 17.6. The van der Waals surface area contributed by atoms with Crippen LogP contribution in [0.5, 0.6) is 11.5 Å². The van der Waals surface area contributed by atoms with E-state index in [1.807, 2.05) is 30.3 Å². The molecule has 50 heavy (non-hydrogen) atoms. The average Bonchev–Trinajstić information content (AvgIpc) is 3.51. The predicted molar refractivity (Wildman–Crippen MR) is 206 cm³/mol. The molecule has 0 bridgehead atoms. The molecule has 1 aliphatic heterocycles. The van der Waals surface area contributed by atoms with E-state index in [1.54, 1.807) is 0 Å². The first kappa shape index (κ1) is 33.7. The molecule has 0 spiro atoms. The number of anilines is 2. The minimum absolute atomic E-state index is 0.812. The van der Waals surface area contributed by atoms with Gasteiger partial charge in [-0.25, -0.2) is 0 Å². The van der Waals surface area contributed by atoms with Crippen LogP contribution in [0.15, 0.2) is 161 Å². The number of hydrogen-bond donors (Lipinski definition) is 0. The number of ether oxygens (including phenoxy) is 1. The van der Waals surface area contributed by atoms with Crippen LogP contribution >= 0.6 is 0 Å². The molecular weight excluding hydrogens is 777 g/mol. The molecule has 5 heteroatoms. The molecule has 250 valence electrons. The van der Waals surface area contributed by atoms with Gasteiger partial charge in [-0.3, -0.25) is 0 Å². The second-order valence-electron chi connectivity index (χ2n) is 13.6. The topological polar surface area (TPSA) is 28.1 Å². The number of nitrogens with zero attached hydrogens (tertiary/aromatic N) is 3. The normalized spacial score (nSPS) is 13.9. The van der Waals surface area contributed by atoms with E-state index in [0.29, 0.717) is 0 Å². The maximum absolute atomic E-state index is 6.59. The zero-order chi connectivity index (χ0) is 34.3. The van der Waals surface area contributed by atoms with Gasteiger partial charge >= 0.3 is 304 Å². The van der Waals surface area contributed by atoms with Crippen LogP contribution in [0.3, 0.4) is 0 Å². The summed E-state index contributed by atoms with van der Waals surface area (Å²) >= 11 is -3.87. The SMILES string of the molecule is Cc1cc(C)c(N2CCN(c3ccccc3Oc3ccccc3)/C2=[N]/[Hf]([CH2]c2ccccc2)([CH2]c2ccccc2)[CH2]c2ccccc2)c(C)c1. The maximum atomic E-state index is 6.59. The molecule has 1 fully saturated rings. The van der Waals surface area contributed by atoms with Crippen molar-refractivity contribution in [3.8, 4) is 11.5 Å². The fraction of sp³-hybridized carbons (Fsp3) is 0.178. The monoisotopic (exact) mass is 823 g/mol. The zero-order valence-electron chi connectivity index (χ0n) is 29.3. The van der Waals surface area contributed by atoms with E-state index in [9.17, 15) is 0 Å². The molecule has 1 saturated heterocycles. The molecule has 0 atom stereocenters. The Morgan fingerprint density at radius 3 is 1.50 bits per heavy atom. The number of para-hydroxylation sites is 3. The van der Waals surface area contributed by atoms with Crippen LogP contribution in [0.25, 0.3) is 0 Å². The van der Waals surface area contributed by atoms with E-state index in [1.165, 1.54) is 39.1 Å². The van der Waals surface area contributed by atoms with Crippen molar-refractivity contribution in [1.29, 1.82) is 0 Å². The van der Waals surface area contributed by atoms with E-state index in [0.717, 1.165) is 48.8 Å². The van der Waals surface area contributed by atoms with Crippen LogP contribution < -0.4 is 14.5 Å². The molecule has 6 aromatic rings. The molecule has 7 rings (SSSR count). The second kappa shape index (κ2) is 15.4. The van der Waals surface area contributed by atoms with Crippen molar-refractivity contribution in [3.63, 3.8) is 0 Å². The summed E-state index contributed by atoms with van der Waals surface area (Å²) in [5.74, 6) is 2.71. The summed E-state index contributed by atoms with van der Waals surface area (Å²) in [6.07, 6.45) is 0. The van der Waals surface area contributed by atoms with Crippen molar-refractivity contribution in [2.45, 2.75) is 33.3 Å². The Bertz CT molecular complexity index is 1920. The molecule has 0 saturated carbocycles. The van der Waals surface area contributed by atoms with Gasteiger partial charge in [-0.05, 0) is 0 Å². The number of hydrogen-bond acceptors (Lipinski definition) is 2. The van der Waals surface area contributed by atoms with Crippen LogP contribution in [0.2, 0.25) is 0 Å². The molecule has 0 radical (unpaired) electrons. The number of guanidine groups is 1. The van der Waals surface area contributed by atoms with Crippen LogP contribution in [0.4, 0.5) is 11.4 Å². The molecule has 0 aliphatic carbocycles. The number of benzene rings is 6. The summed E-state index contributed by atoms with van der Waals surface area (Å²) in [6.45, 7) is 8.34. The first-order valence-corrected chi connectivity index (χ1v) is 26.9. The zero-order valence-corrected chi connectivity index (χ0v) is 32.9. The molecule has 0 amide bonds. The van der Waals surface area contributed by atoms with Gasteiger partial charge in [0, 0.05) is 0 Å². The van der Waals surface area contributed by atoms with E-state index in [4.69, 9.17) is 7.72 Å². The Balaban J connectivity index is 1.45. The summed E-state index contributed by atoms with van der Waals surface area (Å²) in [7, 11) is 0. The van der Waals surface area contributed by atoms with Gasteiger partial charge in [0.15, 0.2) is 0 Å². The molecule has 0 N–H and O–H groups in total. The van der Waals surface area contributed by atoms with E-state index in [2.05, 4.69) is 158 Å². The van der Waals surface area contributed by atoms with Crippen molar-refractivity contribution in [2.24, 2.45) is 2.98 Å². The third-order valence-corrected chi connectivity index (χ3v) is 23.4. The number of aryl methyl sites for hydroxylation is 3. The molecule has 6 aromatic carbocycles. The molecule has 1 heterocycles. The Morgan fingerprint density at radius 2 is 0.980 bits per heavy atom. The van der Waals surface area contributed by atoms with Crippen LogP contribution in [0.1, 0.15) is 33.4 Å². The molecule has 1 aliphatic rings. The summed E-state index contributed by atoms with van der Waals surface area (Å²) in [5.41, 5.74) is 10.3. The second-order valence-corrected chi connectivity index (χ2v) is 27.0. The third-order valence-electron chi connectivity index (χ3n) is 9.53. The average molecular weight is 822 g/mol. The van der Waals surface area contributed by atoms with Crippen molar-refractivity contribution in [1.82, 2.24) is 0 Å². The Hall–Kier alpha value is -4.74. The van der Waals surface area contributed by atoms with Crippen LogP contribution in [-0.2, 0) is 32.8 Å². The fourth-order valence-corrected chi connectivity index (χ4v) is 22.9. The number of rotatable bonds is 11. The van der Waals surface area contributed by atoms with Gasteiger partial charge in [0.05, 0.1) is 0 Å². The first-order chi connectivity index (χ1) is 24.5. The van der Waals surface area contributed by atoms with Crippen molar-refractivity contribution in [3.05, 3.63) is 191 Å². The summed E-state index contributed by atoms with van der Waals surface area (Å²) < 4.78 is 15.9. The van der Waals surface area contributed by atoms with Gasteiger partial charge < -0.3 is 0 Å². The van der Waals surface area contributed by atoms with Gasteiger partial charge in [0.1, 0.15) is 0 Å². The Morgan fingerprint density at radius 1 is 0.540 bits per heavy atom. The van der Waals surface area contributed by atoms with Gasteiger partial charge in [0.2, 0.25) is 0 Å². The summed E-state index contributed by atoms with van der Waals surface area (Å²) in [4.78, 5) is 4.95. The third kappa shape index (κ3) is 7.84. The van der Waals surface area contributed by atoms with Gasteiger partial charge in [0.25, 0.3) is 0 Å².